The second-order valence-corrected chi connectivity index (χ2v) is 7.40. The van der Waals surface area contributed by atoms with Gasteiger partial charge in [-0.2, -0.15) is 0 Å². The van der Waals surface area contributed by atoms with Gasteiger partial charge in [-0.1, -0.05) is 42.5 Å². The van der Waals surface area contributed by atoms with E-state index < -0.39 is 0 Å². The van der Waals surface area contributed by atoms with Gasteiger partial charge < -0.3 is 9.64 Å². The summed E-state index contributed by atoms with van der Waals surface area (Å²) in [7, 11) is 0. The highest BCUT2D eigenvalue weighted by Gasteiger charge is 2.24. The van der Waals surface area contributed by atoms with Crippen molar-refractivity contribution in [1.29, 1.82) is 0 Å². The molecule has 1 heterocycles. The quantitative estimate of drug-likeness (QED) is 0.749. The molecule has 126 valence electrons. The van der Waals surface area contributed by atoms with Gasteiger partial charge in [0.05, 0.1) is 11.9 Å². The minimum absolute atomic E-state index is 0.0327. The molecule has 1 amide bonds. The first-order valence-corrected chi connectivity index (χ1v) is 9.44. The molecule has 3 nitrogen and oxygen atoms in total. The number of thioether (sulfide) groups is 1. The van der Waals surface area contributed by atoms with Crippen LogP contribution in [-0.4, -0.2) is 35.0 Å². The van der Waals surface area contributed by atoms with Gasteiger partial charge in [-0.25, -0.2) is 0 Å². The van der Waals surface area contributed by atoms with E-state index in [4.69, 9.17) is 4.74 Å². The molecule has 0 saturated heterocycles. The Hall–Kier alpha value is -1.94. The lowest BCUT2D eigenvalue weighted by Gasteiger charge is -2.30. The predicted octanol–water partition coefficient (Wildman–Crippen LogP) is 3.77. The van der Waals surface area contributed by atoms with Crippen molar-refractivity contribution >= 4 is 17.7 Å². The second kappa shape index (κ2) is 8.25. The summed E-state index contributed by atoms with van der Waals surface area (Å²) in [4.78, 5) is 14.6. The molecule has 1 unspecified atom stereocenters. The van der Waals surface area contributed by atoms with E-state index in [0.29, 0.717) is 6.61 Å². The number of hydrogen-bond acceptors (Lipinski definition) is 3. The van der Waals surface area contributed by atoms with Crippen LogP contribution in [0.15, 0.2) is 54.6 Å². The molecule has 1 aliphatic rings. The van der Waals surface area contributed by atoms with Gasteiger partial charge >= 0.3 is 0 Å². The fourth-order valence-electron chi connectivity index (χ4n) is 2.91. The molecular formula is C20H23NO2S. The first kappa shape index (κ1) is 16.9. The highest BCUT2D eigenvalue weighted by atomic mass is 32.2. The smallest absolute Gasteiger partial charge is 0.235 e. The Kier molecular flexibility index (Phi) is 5.81. The largest absolute Gasteiger partial charge is 0.493 e. The summed E-state index contributed by atoms with van der Waals surface area (Å²) in [5.41, 5.74) is 2.65. The molecule has 3 rings (SSSR count). The van der Waals surface area contributed by atoms with Crippen molar-refractivity contribution in [3.63, 3.8) is 0 Å². The molecule has 0 saturated carbocycles. The summed E-state index contributed by atoms with van der Waals surface area (Å²) in [6.07, 6.45) is 0.955. The van der Waals surface area contributed by atoms with Gasteiger partial charge in [-0.3, -0.25) is 4.79 Å². The van der Waals surface area contributed by atoms with Gasteiger partial charge in [-0.15, -0.1) is 11.8 Å². The molecule has 4 heteroatoms. The van der Waals surface area contributed by atoms with E-state index >= 15 is 0 Å². The van der Waals surface area contributed by atoms with Crippen LogP contribution >= 0.6 is 11.8 Å². The Labute approximate surface area is 148 Å². The first-order chi connectivity index (χ1) is 11.7. The van der Waals surface area contributed by atoms with Crippen LogP contribution in [0.3, 0.4) is 0 Å². The Balaban J connectivity index is 1.44. The molecule has 0 aliphatic carbocycles. The van der Waals surface area contributed by atoms with Gasteiger partial charge in [0.1, 0.15) is 5.75 Å². The van der Waals surface area contributed by atoms with Crippen LogP contribution in [0.4, 0.5) is 0 Å². The van der Waals surface area contributed by atoms with Crippen molar-refractivity contribution in [2.24, 2.45) is 0 Å². The molecule has 2 aromatic carbocycles. The lowest BCUT2D eigenvalue weighted by atomic mass is 10.00. The van der Waals surface area contributed by atoms with E-state index in [1.54, 1.807) is 11.8 Å². The average molecular weight is 341 g/mol. The van der Waals surface area contributed by atoms with E-state index in [2.05, 4.69) is 18.2 Å². The molecule has 1 aliphatic heterocycles. The lowest BCUT2D eigenvalue weighted by Crippen LogP contribution is -2.40. The molecule has 0 bridgehead atoms. The molecule has 0 N–H and O–H groups in total. The highest BCUT2D eigenvalue weighted by molar-refractivity contribution is 8.00. The Morgan fingerprint density at radius 3 is 2.62 bits per heavy atom. The van der Waals surface area contributed by atoms with Crippen LogP contribution in [0.1, 0.15) is 18.1 Å². The van der Waals surface area contributed by atoms with E-state index in [1.165, 1.54) is 11.1 Å². The molecule has 0 spiro atoms. The molecule has 0 fully saturated rings. The van der Waals surface area contributed by atoms with Crippen LogP contribution in [0.5, 0.6) is 5.75 Å². The maximum absolute atomic E-state index is 12.6. The highest BCUT2D eigenvalue weighted by Crippen LogP contribution is 2.22. The Morgan fingerprint density at radius 1 is 1.12 bits per heavy atom. The number of rotatable bonds is 6. The van der Waals surface area contributed by atoms with E-state index in [1.807, 2.05) is 48.2 Å². The third kappa shape index (κ3) is 4.32. The van der Waals surface area contributed by atoms with Crippen LogP contribution in [0.25, 0.3) is 0 Å². The van der Waals surface area contributed by atoms with Crippen LogP contribution < -0.4 is 4.74 Å². The summed E-state index contributed by atoms with van der Waals surface area (Å²) in [6.45, 7) is 4.17. The normalized spacial score (nSPS) is 14.8. The number of benzene rings is 2. The zero-order chi connectivity index (χ0) is 16.8. The molecule has 2 aromatic rings. The maximum Gasteiger partial charge on any atom is 0.235 e. The zero-order valence-corrected chi connectivity index (χ0v) is 14.8. The Bertz CT molecular complexity index is 674. The summed E-state index contributed by atoms with van der Waals surface area (Å²) in [5.74, 6) is 1.92. The third-order valence-electron chi connectivity index (χ3n) is 4.25. The average Bonchev–Trinajstić information content (AvgIpc) is 2.65. The summed E-state index contributed by atoms with van der Waals surface area (Å²) in [6, 6.07) is 18.2. The molecule has 0 aromatic heterocycles. The van der Waals surface area contributed by atoms with E-state index in [-0.39, 0.29) is 11.2 Å². The van der Waals surface area contributed by atoms with Gasteiger partial charge in [-0.05, 0) is 36.6 Å². The number of amides is 1. The van der Waals surface area contributed by atoms with Gasteiger partial charge in [0, 0.05) is 18.8 Å². The number of carbonyl (C=O) groups is 1. The number of hydrogen-bond donors (Lipinski definition) is 0. The zero-order valence-electron chi connectivity index (χ0n) is 14.0. The summed E-state index contributed by atoms with van der Waals surface area (Å²) >= 11 is 1.66. The van der Waals surface area contributed by atoms with Gasteiger partial charge in [0.25, 0.3) is 0 Å². The number of nitrogens with zero attached hydrogens (tertiary/aromatic N) is 1. The summed E-state index contributed by atoms with van der Waals surface area (Å²) < 4.78 is 5.68. The number of fused-ring (bicyclic) bond motifs is 1. The van der Waals surface area contributed by atoms with Crippen molar-refractivity contribution in [2.75, 3.05) is 18.9 Å². The lowest BCUT2D eigenvalue weighted by molar-refractivity contribution is -0.131. The number of carbonyl (C=O) groups excluding carboxylic acids is 1. The van der Waals surface area contributed by atoms with E-state index in [9.17, 15) is 4.79 Å². The van der Waals surface area contributed by atoms with Crippen molar-refractivity contribution < 1.29 is 9.53 Å². The van der Waals surface area contributed by atoms with Crippen molar-refractivity contribution in [2.45, 2.75) is 25.1 Å². The van der Waals surface area contributed by atoms with Crippen LogP contribution in [0.2, 0.25) is 0 Å². The van der Waals surface area contributed by atoms with Gasteiger partial charge in [0.15, 0.2) is 0 Å². The van der Waals surface area contributed by atoms with Crippen LogP contribution in [-0.2, 0) is 17.8 Å². The van der Waals surface area contributed by atoms with Crippen molar-refractivity contribution in [1.82, 2.24) is 4.90 Å². The number of para-hydroxylation sites is 1. The fraction of sp³-hybridized carbons (Fsp3) is 0.350. The van der Waals surface area contributed by atoms with E-state index in [0.717, 1.165) is 31.0 Å². The maximum atomic E-state index is 12.6. The molecule has 0 radical (unpaired) electrons. The number of ether oxygens (including phenoxy) is 1. The first-order valence-electron chi connectivity index (χ1n) is 8.39. The standard InChI is InChI=1S/C20H23NO2S/c1-16(24-14-13-23-19-9-3-2-4-10-19)20(22)21-12-11-17-7-5-6-8-18(17)15-21/h2-10,16H,11-15H2,1H3. The molecule has 1 atom stereocenters. The minimum Gasteiger partial charge on any atom is -0.493 e. The molecule has 24 heavy (non-hydrogen) atoms. The third-order valence-corrected chi connectivity index (χ3v) is 5.36. The fourth-order valence-corrected chi connectivity index (χ4v) is 3.74. The van der Waals surface area contributed by atoms with Crippen molar-refractivity contribution in [3.05, 3.63) is 65.7 Å². The summed E-state index contributed by atoms with van der Waals surface area (Å²) in [5, 5.41) is -0.0327. The Morgan fingerprint density at radius 2 is 1.83 bits per heavy atom. The monoisotopic (exact) mass is 341 g/mol. The second-order valence-electron chi connectivity index (χ2n) is 5.95. The van der Waals surface area contributed by atoms with Crippen molar-refractivity contribution in [3.8, 4) is 5.75 Å². The SMILES string of the molecule is CC(SCCOc1ccccc1)C(=O)N1CCc2ccccc2C1. The molecular weight excluding hydrogens is 318 g/mol. The topological polar surface area (TPSA) is 29.5 Å². The minimum atomic E-state index is -0.0327. The van der Waals surface area contributed by atoms with Gasteiger partial charge in [0.2, 0.25) is 5.91 Å². The predicted molar refractivity (Wildman–Crippen MR) is 99.4 cm³/mol. The van der Waals surface area contributed by atoms with Crippen LogP contribution in [0, 0.1) is 0 Å².